The van der Waals surface area contributed by atoms with E-state index in [1.807, 2.05) is 67.7 Å². The van der Waals surface area contributed by atoms with Crippen LogP contribution in [0.5, 0.6) is 11.5 Å². The minimum Gasteiger partial charge on any atom is -0.497 e. The molecule has 0 N–H and O–H groups in total. The normalized spacial score (nSPS) is 18.3. The van der Waals surface area contributed by atoms with Crippen molar-refractivity contribution in [1.82, 2.24) is 28.9 Å². The molecule has 4 aliphatic rings. The Morgan fingerprint density at radius 3 is 1.49 bits per heavy atom. The Morgan fingerprint density at radius 1 is 0.660 bits per heavy atom. The molecule has 53 heavy (non-hydrogen) atoms. The fourth-order valence-corrected chi connectivity index (χ4v) is 7.27. The van der Waals surface area contributed by atoms with Crippen LogP contribution in [-0.4, -0.2) is 91.2 Å². The molecular formula is C39H44N6O8. The monoisotopic (exact) mass is 724 g/mol. The van der Waals surface area contributed by atoms with Gasteiger partial charge in [-0.05, 0) is 97.2 Å². The van der Waals surface area contributed by atoms with Gasteiger partial charge in [-0.25, -0.2) is 19.6 Å². The molecule has 0 unspecified atom stereocenters. The lowest BCUT2D eigenvalue weighted by Crippen LogP contribution is -2.45. The average molecular weight is 725 g/mol. The molecule has 0 saturated carbocycles. The predicted molar refractivity (Wildman–Crippen MR) is 192 cm³/mol. The zero-order valence-corrected chi connectivity index (χ0v) is 31.3. The highest BCUT2D eigenvalue weighted by molar-refractivity contribution is 6.01. The molecule has 0 radical (unpaired) electrons. The smallest absolute Gasteiger partial charge is 0.359 e. The first-order valence-electron chi connectivity index (χ1n) is 17.7. The Hall–Kier alpha value is -5.66. The molecule has 2 saturated heterocycles. The van der Waals surface area contributed by atoms with Gasteiger partial charge in [0.25, 0.3) is 11.8 Å². The van der Waals surface area contributed by atoms with Crippen molar-refractivity contribution in [3.8, 4) is 22.9 Å². The Balaban J connectivity index is 0.000000164. The first-order valence-corrected chi connectivity index (χ1v) is 17.7. The van der Waals surface area contributed by atoms with Crippen molar-refractivity contribution in [2.75, 3.05) is 27.3 Å². The molecule has 14 heteroatoms. The first-order chi connectivity index (χ1) is 25.1. The summed E-state index contributed by atoms with van der Waals surface area (Å²) in [7, 11) is 3.14. The van der Waals surface area contributed by atoms with E-state index in [0.29, 0.717) is 52.8 Å². The fourth-order valence-electron chi connectivity index (χ4n) is 7.27. The minimum absolute atomic E-state index is 0.0507. The van der Waals surface area contributed by atoms with Crippen LogP contribution >= 0.6 is 0 Å². The molecule has 8 rings (SSSR count). The molecule has 2 aromatic heterocycles. The number of benzene rings is 2. The second-order valence-corrected chi connectivity index (χ2v) is 15.4. The second kappa shape index (κ2) is 13.1. The summed E-state index contributed by atoms with van der Waals surface area (Å²) < 4.78 is 25.3. The van der Waals surface area contributed by atoms with Crippen LogP contribution in [0.1, 0.15) is 126 Å². The van der Waals surface area contributed by atoms with Crippen LogP contribution in [0.25, 0.3) is 11.4 Å². The van der Waals surface area contributed by atoms with Crippen LogP contribution in [0.3, 0.4) is 0 Å². The second-order valence-electron chi connectivity index (χ2n) is 15.4. The van der Waals surface area contributed by atoms with Crippen LogP contribution in [-0.2, 0) is 9.47 Å². The summed E-state index contributed by atoms with van der Waals surface area (Å²) in [5.74, 6) is 0.188. The molecule has 2 amide bonds. The Bertz CT molecular complexity index is 2140. The maximum atomic E-state index is 13.2. The van der Waals surface area contributed by atoms with Crippen LogP contribution in [0, 0.1) is 0 Å². The molecular weight excluding hydrogens is 680 g/mol. The number of hydrogen-bond acceptors (Lipinski definition) is 10. The number of methoxy groups -OCH3 is 2. The highest BCUT2D eigenvalue weighted by Crippen LogP contribution is 2.43. The number of carbonyl (C=O) groups excluding carboxylic acids is 4. The number of hydrogen-bond donors (Lipinski definition) is 0. The van der Waals surface area contributed by atoms with E-state index >= 15 is 0 Å². The SMILES string of the molecule is COc1ccc2c(c1)C(=O)N1CCC[C@H]1c1c(C(=O)OC(C)(C)C)ncn1-2.COc1ccc2c(c1)C(=O)N1CC[C@H]1c1c(C(=O)OC(C)(C)C)ncn1-2. The van der Waals surface area contributed by atoms with Crippen molar-refractivity contribution in [2.24, 2.45) is 0 Å². The van der Waals surface area contributed by atoms with E-state index in [0.717, 1.165) is 25.0 Å². The van der Waals surface area contributed by atoms with Gasteiger partial charge < -0.3 is 28.7 Å². The quantitative estimate of drug-likeness (QED) is 0.234. The summed E-state index contributed by atoms with van der Waals surface area (Å²) >= 11 is 0. The van der Waals surface area contributed by atoms with Crippen molar-refractivity contribution in [3.05, 3.63) is 83.0 Å². The number of esters is 2. The summed E-state index contributed by atoms with van der Waals surface area (Å²) in [5.41, 5.74) is 3.24. The molecule has 0 aliphatic carbocycles. The van der Waals surface area contributed by atoms with Gasteiger partial charge in [-0.15, -0.1) is 0 Å². The van der Waals surface area contributed by atoms with Gasteiger partial charge in [0.05, 0.1) is 60.2 Å². The van der Waals surface area contributed by atoms with Gasteiger partial charge in [-0.1, -0.05) is 0 Å². The Kier molecular flexibility index (Phi) is 8.82. The molecule has 4 aromatic rings. The van der Waals surface area contributed by atoms with Crippen LogP contribution in [0.15, 0.2) is 49.1 Å². The predicted octanol–water partition coefficient (Wildman–Crippen LogP) is 5.86. The summed E-state index contributed by atoms with van der Waals surface area (Å²) in [6.45, 7) is 12.2. The average Bonchev–Trinajstić information content (AvgIpc) is 3.82. The lowest BCUT2D eigenvalue weighted by atomic mass is 9.97. The largest absolute Gasteiger partial charge is 0.497 e. The molecule has 0 spiro atoms. The lowest BCUT2D eigenvalue weighted by molar-refractivity contribution is 0.00452. The van der Waals surface area contributed by atoms with Crippen molar-refractivity contribution < 1.29 is 38.1 Å². The topological polar surface area (TPSA) is 147 Å². The van der Waals surface area contributed by atoms with Gasteiger partial charge in [0.1, 0.15) is 35.4 Å². The van der Waals surface area contributed by atoms with E-state index in [1.54, 1.807) is 56.0 Å². The summed E-state index contributed by atoms with van der Waals surface area (Å²) in [5, 5.41) is 0. The zero-order valence-electron chi connectivity index (χ0n) is 31.3. The van der Waals surface area contributed by atoms with Crippen LogP contribution in [0.4, 0.5) is 0 Å². The maximum absolute atomic E-state index is 13.2. The number of rotatable bonds is 4. The number of amides is 2. The molecule has 14 nitrogen and oxygen atoms in total. The molecule has 6 heterocycles. The molecule has 2 atom stereocenters. The van der Waals surface area contributed by atoms with Gasteiger partial charge in [0.2, 0.25) is 0 Å². The van der Waals surface area contributed by atoms with E-state index in [4.69, 9.17) is 18.9 Å². The third-order valence-corrected chi connectivity index (χ3v) is 9.61. The van der Waals surface area contributed by atoms with Gasteiger partial charge in [0, 0.05) is 13.1 Å². The molecule has 0 bridgehead atoms. The highest BCUT2D eigenvalue weighted by atomic mass is 16.6. The number of fused-ring (bicyclic) bond motifs is 10. The van der Waals surface area contributed by atoms with Crippen molar-refractivity contribution in [2.45, 2.75) is 84.1 Å². The number of nitrogens with zero attached hydrogens (tertiary/aromatic N) is 6. The highest BCUT2D eigenvalue weighted by Gasteiger charge is 2.44. The number of carbonyl (C=O) groups is 4. The van der Waals surface area contributed by atoms with Crippen LogP contribution in [0.2, 0.25) is 0 Å². The standard InChI is InChI=1S/C20H23N3O4.C19H21N3O4/c1-20(2,3)27-19(25)16-17-15-6-5-9-22(15)18(24)13-10-12(26-4)7-8-14(13)23(17)11-21-16;1-19(2,3)26-18(24)15-16-14-7-8-21(14)17(23)12-9-11(25-4)5-6-13(12)22(16)10-20-15/h7-8,10-11,15H,5-6,9H2,1-4H3;5-6,9-10,14H,7-8H2,1-4H3/t15-;14-/m00/s1. The summed E-state index contributed by atoms with van der Waals surface area (Å²) in [4.78, 5) is 63.9. The fraction of sp³-hybridized carbons (Fsp3) is 0.436. The summed E-state index contributed by atoms with van der Waals surface area (Å²) in [6, 6.07) is 10.4. The van der Waals surface area contributed by atoms with E-state index in [1.165, 1.54) is 0 Å². The molecule has 2 aromatic carbocycles. The third kappa shape index (κ3) is 6.40. The Morgan fingerprint density at radius 2 is 1.09 bits per heavy atom. The summed E-state index contributed by atoms with van der Waals surface area (Å²) in [6.07, 6.45) is 5.66. The maximum Gasteiger partial charge on any atom is 0.359 e. The van der Waals surface area contributed by atoms with Gasteiger partial charge in [-0.2, -0.15) is 0 Å². The zero-order chi connectivity index (χ0) is 38.0. The minimum atomic E-state index is -0.616. The van der Waals surface area contributed by atoms with Crippen LogP contribution < -0.4 is 9.47 Å². The van der Waals surface area contributed by atoms with Crippen molar-refractivity contribution in [1.29, 1.82) is 0 Å². The van der Waals surface area contributed by atoms with E-state index < -0.39 is 23.1 Å². The van der Waals surface area contributed by atoms with Crippen molar-refractivity contribution in [3.63, 3.8) is 0 Å². The molecule has 2 fully saturated rings. The number of imidazole rings is 2. The number of ether oxygens (including phenoxy) is 4. The van der Waals surface area contributed by atoms with Gasteiger partial charge in [0.15, 0.2) is 11.4 Å². The van der Waals surface area contributed by atoms with E-state index in [2.05, 4.69) is 9.97 Å². The third-order valence-electron chi connectivity index (χ3n) is 9.61. The van der Waals surface area contributed by atoms with Gasteiger partial charge >= 0.3 is 11.9 Å². The van der Waals surface area contributed by atoms with E-state index in [-0.39, 0.29) is 35.3 Å². The van der Waals surface area contributed by atoms with E-state index in [9.17, 15) is 19.2 Å². The molecule has 4 aliphatic heterocycles. The lowest BCUT2D eigenvalue weighted by Gasteiger charge is -2.39. The first kappa shape index (κ1) is 35.7. The van der Waals surface area contributed by atoms with Crippen molar-refractivity contribution >= 4 is 23.8 Å². The molecule has 278 valence electrons. The Labute approximate surface area is 307 Å². The number of aromatic nitrogens is 4. The van der Waals surface area contributed by atoms with Gasteiger partial charge in [-0.3, -0.25) is 18.7 Å².